The monoisotopic (exact) mass is 366 g/mol. The van der Waals surface area contributed by atoms with Gasteiger partial charge in [0.05, 0.1) is 17.0 Å². The second-order valence-corrected chi connectivity index (χ2v) is 9.98. The van der Waals surface area contributed by atoms with Gasteiger partial charge in [0.25, 0.3) is 0 Å². The zero-order valence-electron chi connectivity index (χ0n) is 15.9. The molecule has 0 unspecified atom stereocenters. The van der Waals surface area contributed by atoms with Gasteiger partial charge < -0.3 is 15.1 Å². The van der Waals surface area contributed by atoms with Gasteiger partial charge >= 0.3 is 0 Å². The Hall–Kier alpha value is -1.76. The molecule has 0 aliphatic carbocycles. The molecule has 0 aromatic heterocycles. The molecule has 1 aliphatic rings. The van der Waals surface area contributed by atoms with E-state index in [4.69, 9.17) is 4.99 Å². The molecule has 0 amide bonds. The normalized spacial score (nSPS) is 19.6. The first kappa shape index (κ1) is 19.6. The van der Waals surface area contributed by atoms with Gasteiger partial charge in [0.1, 0.15) is 0 Å². The predicted molar refractivity (Wildman–Crippen MR) is 105 cm³/mol. The molecular weight excluding hydrogens is 336 g/mol. The topological polar surface area (TPSA) is 65.0 Å². The molecule has 6 nitrogen and oxygen atoms in total. The molecule has 1 saturated heterocycles. The van der Waals surface area contributed by atoms with Gasteiger partial charge in [-0.25, -0.2) is 13.4 Å². The van der Waals surface area contributed by atoms with E-state index in [0.717, 1.165) is 23.8 Å². The van der Waals surface area contributed by atoms with Crippen molar-refractivity contribution in [1.82, 2.24) is 10.2 Å². The third-order valence-corrected chi connectivity index (χ3v) is 7.05. The van der Waals surface area contributed by atoms with E-state index < -0.39 is 14.6 Å². The van der Waals surface area contributed by atoms with Crippen molar-refractivity contribution in [1.29, 1.82) is 0 Å². The molecule has 2 rings (SSSR count). The van der Waals surface area contributed by atoms with Gasteiger partial charge in [0.2, 0.25) is 0 Å². The lowest BCUT2D eigenvalue weighted by molar-refractivity contribution is 0.353. The Labute approximate surface area is 151 Å². The minimum atomic E-state index is -3.05. The summed E-state index contributed by atoms with van der Waals surface area (Å²) in [7, 11) is 0.979. The van der Waals surface area contributed by atoms with Crippen LogP contribution in [-0.4, -0.2) is 63.5 Å². The quantitative estimate of drug-likeness (QED) is 0.649. The lowest BCUT2D eigenvalue weighted by Gasteiger charge is -2.39. The van der Waals surface area contributed by atoms with E-state index in [2.05, 4.69) is 33.3 Å². The zero-order chi connectivity index (χ0) is 18.7. The third-order valence-electron chi connectivity index (χ3n) is 4.52. The highest BCUT2D eigenvalue weighted by molar-refractivity contribution is 7.92. The number of guanidine groups is 1. The van der Waals surface area contributed by atoms with Crippen LogP contribution < -0.4 is 10.2 Å². The molecule has 0 bridgehead atoms. The number of rotatable bonds is 4. The number of aliphatic imine (C=N–C) groups is 1. The summed E-state index contributed by atoms with van der Waals surface area (Å²) in [6.45, 7) is 7.85. The van der Waals surface area contributed by atoms with Crippen LogP contribution in [0.4, 0.5) is 5.69 Å². The van der Waals surface area contributed by atoms with Crippen molar-refractivity contribution in [2.24, 2.45) is 4.99 Å². The average Bonchev–Trinajstić information content (AvgIpc) is 2.54. The second kappa shape index (κ2) is 7.64. The number of hydrogen-bond acceptors (Lipinski definition) is 4. The minimum Gasteiger partial charge on any atom is -0.378 e. The molecule has 0 atom stereocenters. The van der Waals surface area contributed by atoms with Crippen LogP contribution in [0, 0.1) is 0 Å². The smallest absolute Gasteiger partial charge is 0.194 e. The molecule has 1 aromatic carbocycles. The van der Waals surface area contributed by atoms with E-state index in [-0.39, 0.29) is 5.75 Å². The summed E-state index contributed by atoms with van der Waals surface area (Å²) in [5, 5.41) is 3.30. The molecule has 1 aliphatic heterocycles. The summed E-state index contributed by atoms with van der Waals surface area (Å²) in [6, 6.07) is 8.28. The van der Waals surface area contributed by atoms with Gasteiger partial charge in [0.15, 0.2) is 15.8 Å². The molecule has 1 fully saturated rings. The summed E-state index contributed by atoms with van der Waals surface area (Å²) in [6.07, 6.45) is 0. The summed E-state index contributed by atoms with van der Waals surface area (Å²) in [4.78, 5) is 8.86. The standard InChI is InChI=1S/C18H30N4O2S/c1-6-19-17(22-10-11-25(23,24)18(2,3)14-22)20-13-15-8-7-9-16(12-15)21(4)5/h7-9,12H,6,10-11,13-14H2,1-5H3,(H,19,20). The fourth-order valence-corrected chi connectivity index (χ4v) is 4.22. The Morgan fingerprint density at radius 2 is 2.08 bits per heavy atom. The van der Waals surface area contributed by atoms with E-state index in [1.165, 1.54) is 0 Å². The van der Waals surface area contributed by atoms with Gasteiger partial charge in [-0.3, -0.25) is 0 Å². The first-order valence-electron chi connectivity index (χ1n) is 8.68. The van der Waals surface area contributed by atoms with Crippen molar-refractivity contribution >= 4 is 21.5 Å². The number of sulfone groups is 1. The molecule has 0 saturated carbocycles. The molecular formula is C18H30N4O2S. The predicted octanol–water partition coefficient (Wildman–Crippen LogP) is 1.73. The van der Waals surface area contributed by atoms with E-state index >= 15 is 0 Å². The molecule has 0 spiro atoms. The third kappa shape index (κ3) is 4.66. The molecule has 140 valence electrons. The summed E-state index contributed by atoms with van der Waals surface area (Å²) < 4.78 is 23.7. The first-order chi connectivity index (χ1) is 11.7. The van der Waals surface area contributed by atoms with E-state index in [9.17, 15) is 8.42 Å². The van der Waals surface area contributed by atoms with Crippen LogP contribution in [0.3, 0.4) is 0 Å². The van der Waals surface area contributed by atoms with Crippen molar-refractivity contribution in [2.75, 3.05) is 44.4 Å². The van der Waals surface area contributed by atoms with Gasteiger partial charge in [-0.05, 0) is 38.5 Å². The van der Waals surface area contributed by atoms with Gasteiger partial charge in [-0.15, -0.1) is 0 Å². The molecule has 1 aromatic rings. The number of benzene rings is 1. The number of nitrogens with one attached hydrogen (secondary N) is 1. The molecule has 1 N–H and O–H groups in total. The number of anilines is 1. The van der Waals surface area contributed by atoms with Crippen LogP contribution in [0.5, 0.6) is 0 Å². The second-order valence-electron chi connectivity index (χ2n) is 7.23. The van der Waals surface area contributed by atoms with E-state index in [1.54, 1.807) is 13.8 Å². The summed E-state index contributed by atoms with van der Waals surface area (Å²) in [5.74, 6) is 0.946. The highest BCUT2D eigenvalue weighted by atomic mass is 32.2. The van der Waals surface area contributed by atoms with E-state index in [1.807, 2.05) is 27.1 Å². The van der Waals surface area contributed by atoms with Crippen LogP contribution in [-0.2, 0) is 16.4 Å². The highest BCUT2D eigenvalue weighted by Crippen LogP contribution is 2.24. The maximum absolute atomic E-state index is 12.2. The fraction of sp³-hybridized carbons (Fsp3) is 0.611. The number of nitrogens with zero attached hydrogens (tertiary/aromatic N) is 3. The van der Waals surface area contributed by atoms with Gasteiger partial charge in [-0.2, -0.15) is 0 Å². The number of hydrogen-bond donors (Lipinski definition) is 1. The maximum Gasteiger partial charge on any atom is 0.194 e. The van der Waals surface area contributed by atoms with Crippen molar-refractivity contribution in [3.05, 3.63) is 29.8 Å². The SMILES string of the molecule is CCNC(=NCc1cccc(N(C)C)c1)N1CCS(=O)(=O)C(C)(C)C1. The van der Waals surface area contributed by atoms with Crippen molar-refractivity contribution in [3.8, 4) is 0 Å². The molecule has 0 radical (unpaired) electrons. The Kier molecular flexibility index (Phi) is 5.98. The molecule has 25 heavy (non-hydrogen) atoms. The van der Waals surface area contributed by atoms with Crippen LogP contribution in [0.25, 0.3) is 0 Å². The van der Waals surface area contributed by atoms with Crippen LogP contribution in [0.1, 0.15) is 26.3 Å². The van der Waals surface area contributed by atoms with Crippen LogP contribution in [0.2, 0.25) is 0 Å². The molecule has 1 heterocycles. The Balaban J connectivity index is 2.18. The van der Waals surface area contributed by atoms with Gasteiger partial charge in [-0.1, -0.05) is 12.1 Å². The lowest BCUT2D eigenvalue weighted by Crippen LogP contribution is -2.57. The van der Waals surface area contributed by atoms with Crippen LogP contribution >= 0.6 is 0 Å². The van der Waals surface area contributed by atoms with E-state index in [0.29, 0.717) is 19.6 Å². The Morgan fingerprint density at radius 3 is 2.68 bits per heavy atom. The lowest BCUT2D eigenvalue weighted by atomic mass is 10.2. The Morgan fingerprint density at radius 1 is 1.36 bits per heavy atom. The average molecular weight is 367 g/mol. The fourth-order valence-electron chi connectivity index (χ4n) is 2.85. The van der Waals surface area contributed by atoms with Gasteiger partial charge in [0, 0.05) is 39.4 Å². The van der Waals surface area contributed by atoms with Crippen molar-refractivity contribution in [3.63, 3.8) is 0 Å². The summed E-state index contributed by atoms with van der Waals surface area (Å²) >= 11 is 0. The zero-order valence-corrected chi connectivity index (χ0v) is 16.7. The minimum absolute atomic E-state index is 0.167. The van der Waals surface area contributed by atoms with Crippen LogP contribution in [0.15, 0.2) is 29.3 Å². The van der Waals surface area contributed by atoms with Crippen molar-refractivity contribution in [2.45, 2.75) is 32.1 Å². The van der Waals surface area contributed by atoms with Crippen molar-refractivity contribution < 1.29 is 8.42 Å². The maximum atomic E-state index is 12.2. The first-order valence-corrected chi connectivity index (χ1v) is 10.3. The summed E-state index contributed by atoms with van der Waals surface area (Å²) in [5.41, 5.74) is 2.27. The Bertz CT molecular complexity index is 726. The molecule has 7 heteroatoms. The highest BCUT2D eigenvalue weighted by Gasteiger charge is 2.40. The largest absolute Gasteiger partial charge is 0.378 e.